The highest BCUT2D eigenvalue weighted by Crippen LogP contribution is 2.38. The van der Waals surface area contributed by atoms with Gasteiger partial charge >= 0.3 is 0 Å². The Bertz CT molecular complexity index is 997. The van der Waals surface area contributed by atoms with E-state index in [-0.39, 0.29) is 11.9 Å². The second-order valence-corrected chi connectivity index (χ2v) is 7.05. The van der Waals surface area contributed by atoms with Gasteiger partial charge in [-0.2, -0.15) is 0 Å². The molecule has 1 amide bonds. The fourth-order valence-corrected chi connectivity index (χ4v) is 3.98. The molecule has 2 aliphatic heterocycles. The van der Waals surface area contributed by atoms with E-state index < -0.39 is 0 Å². The summed E-state index contributed by atoms with van der Waals surface area (Å²) in [5, 5.41) is 0. The van der Waals surface area contributed by atoms with Crippen molar-refractivity contribution in [2.75, 3.05) is 19.8 Å². The maximum Gasteiger partial charge on any atom is 0.254 e. The summed E-state index contributed by atoms with van der Waals surface area (Å²) in [6, 6.07) is 11.7. The Balaban J connectivity index is 1.44. The molecule has 2 aromatic carbocycles. The number of nitrogens with one attached hydrogen (secondary N) is 1. The lowest BCUT2D eigenvalue weighted by atomic mass is 10.0. The minimum absolute atomic E-state index is 0.0566. The second kappa shape index (κ2) is 6.61. The molecule has 1 unspecified atom stereocenters. The summed E-state index contributed by atoms with van der Waals surface area (Å²) in [7, 11) is 0. The minimum atomic E-state index is 0.0566. The first kappa shape index (κ1) is 16.2. The smallest absolute Gasteiger partial charge is 0.254 e. The number of rotatable bonds is 2. The molecule has 138 valence electrons. The van der Waals surface area contributed by atoms with E-state index in [9.17, 15) is 4.79 Å². The number of carbonyl (C=O) groups excluding carboxylic acids is 1. The zero-order valence-corrected chi connectivity index (χ0v) is 15.0. The lowest BCUT2D eigenvalue weighted by Gasteiger charge is -2.26. The largest absolute Gasteiger partial charge is 0.490 e. The van der Waals surface area contributed by atoms with E-state index in [4.69, 9.17) is 9.47 Å². The molecule has 1 aromatic heterocycles. The van der Waals surface area contributed by atoms with E-state index >= 15 is 0 Å². The van der Waals surface area contributed by atoms with Crippen LogP contribution in [-0.4, -0.2) is 40.5 Å². The molecule has 0 saturated carbocycles. The Morgan fingerprint density at radius 1 is 1.07 bits per heavy atom. The molecule has 27 heavy (non-hydrogen) atoms. The lowest BCUT2D eigenvalue weighted by Crippen LogP contribution is -2.30. The van der Waals surface area contributed by atoms with Crippen molar-refractivity contribution < 1.29 is 14.3 Å². The molecule has 2 aliphatic rings. The molecule has 3 heterocycles. The minimum Gasteiger partial charge on any atom is -0.490 e. The average molecular weight is 363 g/mol. The third-order valence-corrected chi connectivity index (χ3v) is 5.34. The normalized spacial score (nSPS) is 19.3. The van der Waals surface area contributed by atoms with Crippen molar-refractivity contribution in [3.63, 3.8) is 0 Å². The average Bonchev–Trinajstić information content (AvgIpc) is 3.31. The van der Waals surface area contributed by atoms with Crippen LogP contribution in [0.25, 0.3) is 11.0 Å². The number of hydrogen-bond acceptors (Lipinski definition) is 4. The van der Waals surface area contributed by atoms with Crippen LogP contribution in [0.3, 0.4) is 0 Å². The molecule has 6 heteroatoms. The number of imidazole rings is 1. The summed E-state index contributed by atoms with van der Waals surface area (Å²) in [5.74, 6) is 1.63. The van der Waals surface area contributed by atoms with E-state index in [2.05, 4.69) is 16.0 Å². The summed E-state index contributed by atoms with van der Waals surface area (Å²) in [4.78, 5) is 22.4. The highest BCUT2D eigenvalue weighted by molar-refractivity contribution is 5.97. The lowest BCUT2D eigenvalue weighted by molar-refractivity contribution is 0.0735. The number of ether oxygens (including phenoxy) is 2. The SMILES string of the molecule is O=C(c1ccc2nc[nH]c2c1)N1CCCC1c1ccc2c(c1)OCCCO2. The standard InChI is InChI=1S/C21H21N3O3/c25-21(15-4-6-16-17(11-15)23-13-22-16)24-8-1-3-18(24)14-5-7-19-20(12-14)27-10-2-9-26-19/h4-7,11-13,18H,1-3,8-10H2,(H,22,23). The van der Waals surface area contributed by atoms with Crippen molar-refractivity contribution in [1.82, 2.24) is 14.9 Å². The van der Waals surface area contributed by atoms with Gasteiger partial charge in [-0.15, -0.1) is 0 Å². The number of amides is 1. The van der Waals surface area contributed by atoms with Gasteiger partial charge in [0.25, 0.3) is 5.91 Å². The van der Waals surface area contributed by atoms with Crippen LogP contribution in [0.2, 0.25) is 0 Å². The van der Waals surface area contributed by atoms with E-state index in [1.54, 1.807) is 6.33 Å². The fourth-order valence-electron chi connectivity index (χ4n) is 3.98. The zero-order valence-electron chi connectivity index (χ0n) is 15.0. The Hall–Kier alpha value is -3.02. The molecule has 1 saturated heterocycles. The van der Waals surface area contributed by atoms with Gasteiger partial charge in [0.1, 0.15) is 0 Å². The quantitative estimate of drug-likeness (QED) is 0.754. The first-order valence-electron chi connectivity index (χ1n) is 9.43. The van der Waals surface area contributed by atoms with Crippen LogP contribution in [0, 0.1) is 0 Å². The molecule has 0 bridgehead atoms. The Morgan fingerprint density at radius 3 is 2.89 bits per heavy atom. The highest BCUT2D eigenvalue weighted by Gasteiger charge is 2.31. The van der Waals surface area contributed by atoms with Crippen molar-refractivity contribution >= 4 is 16.9 Å². The van der Waals surface area contributed by atoms with Gasteiger partial charge < -0.3 is 19.4 Å². The maximum atomic E-state index is 13.2. The highest BCUT2D eigenvalue weighted by atomic mass is 16.5. The van der Waals surface area contributed by atoms with Gasteiger partial charge in [0.05, 0.1) is 36.6 Å². The molecule has 1 fully saturated rings. The van der Waals surface area contributed by atoms with E-state index in [0.29, 0.717) is 18.8 Å². The number of fused-ring (bicyclic) bond motifs is 2. The summed E-state index contributed by atoms with van der Waals surface area (Å²) in [5.41, 5.74) is 3.54. The molecular weight excluding hydrogens is 342 g/mol. The molecule has 5 rings (SSSR count). The number of H-pyrrole nitrogens is 1. The maximum absolute atomic E-state index is 13.2. The predicted octanol–water partition coefficient (Wildman–Crippen LogP) is 3.70. The second-order valence-electron chi connectivity index (χ2n) is 7.05. The third-order valence-electron chi connectivity index (χ3n) is 5.34. The van der Waals surface area contributed by atoms with Crippen LogP contribution < -0.4 is 9.47 Å². The molecular formula is C21H21N3O3. The first-order valence-corrected chi connectivity index (χ1v) is 9.43. The van der Waals surface area contributed by atoms with Gasteiger partial charge in [-0.25, -0.2) is 4.98 Å². The topological polar surface area (TPSA) is 67.5 Å². The number of hydrogen-bond donors (Lipinski definition) is 1. The van der Waals surface area contributed by atoms with Crippen LogP contribution in [0.15, 0.2) is 42.7 Å². The van der Waals surface area contributed by atoms with Crippen LogP contribution in [0.5, 0.6) is 11.5 Å². The Labute approximate surface area is 157 Å². The van der Waals surface area contributed by atoms with Gasteiger partial charge in [-0.3, -0.25) is 4.79 Å². The van der Waals surface area contributed by atoms with Gasteiger partial charge in [0.2, 0.25) is 0 Å². The van der Waals surface area contributed by atoms with Crippen molar-refractivity contribution in [1.29, 1.82) is 0 Å². The Kier molecular flexibility index (Phi) is 3.96. The summed E-state index contributed by atoms with van der Waals surface area (Å²) >= 11 is 0. The summed E-state index contributed by atoms with van der Waals surface area (Å²) < 4.78 is 11.6. The van der Waals surface area contributed by atoms with Crippen LogP contribution in [0.1, 0.15) is 41.2 Å². The molecule has 6 nitrogen and oxygen atoms in total. The van der Waals surface area contributed by atoms with Gasteiger partial charge in [0.15, 0.2) is 11.5 Å². The van der Waals surface area contributed by atoms with Crippen molar-refractivity contribution in [3.05, 3.63) is 53.9 Å². The summed E-state index contributed by atoms with van der Waals surface area (Å²) in [6.07, 6.45) is 4.48. The third kappa shape index (κ3) is 2.91. The molecule has 3 aromatic rings. The van der Waals surface area contributed by atoms with Crippen molar-refractivity contribution in [2.24, 2.45) is 0 Å². The fraction of sp³-hybridized carbons (Fsp3) is 0.333. The van der Waals surface area contributed by atoms with E-state index in [1.165, 1.54) is 0 Å². The van der Waals surface area contributed by atoms with Crippen LogP contribution in [0.4, 0.5) is 0 Å². The van der Waals surface area contributed by atoms with Crippen LogP contribution >= 0.6 is 0 Å². The molecule has 0 aliphatic carbocycles. The monoisotopic (exact) mass is 363 g/mol. The van der Waals surface area contributed by atoms with Crippen molar-refractivity contribution in [3.8, 4) is 11.5 Å². The molecule has 1 atom stereocenters. The number of nitrogens with zero attached hydrogens (tertiary/aromatic N) is 2. The van der Waals surface area contributed by atoms with Crippen molar-refractivity contribution in [2.45, 2.75) is 25.3 Å². The zero-order chi connectivity index (χ0) is 18.2. The van der Waals surface area contributed by atoms with Gasteiger partial charge in [-0.1, -0.05) is 6.07 Å². The number of likely N-dealkylation sites (tertiary alicyclic amines) is 1. The van der Waals surface area contributed by atoms with Crippen LogP contribution in [-0.2, 0) is 0 Å². The van der Waals surface area contributed by atoms with E-state index in [1.807, 2.05) is 35.2 Å². The number of benzene rings is 2. The molecule has 0 spiro atoms. The van der Waals surface area contributed by atoms with Gasteiger partial charge in [0, 0.05) is 18.5 Å². The first-order chi connectivity index (χ1) is 13.3. The summed E-state index contributed by atoms with van der Waals surface area (Å²) in [6.45, 7) is 2.10. The predicted molar refractivity (Wildman–Crippen MR) is 101 cm³/mol. The van der Waals surface area contributed by atoms with Gasteiger partial charge in [-0.05, 0) is 48.7 Å². The number of aromatic amines is 1. The Morgan fingerprint density at radius 2 is 1.96 bits per heavy atom. The van der Waals surface area contributed by atoms with E-state index in [0.717, 1.165) is 53.9 Å². The number of carbonyl (C=O) groups is 1. The molecule has 0 radical (unpaired) electrons. The number of aromatic nitrogens is 2. The molecule has 1 N–H and O–H groups in total.